The van der Waals surface area contributed by atoms with Gasteiger partial charge < -0.3 is 5.32 Å². The van der Waals surface area contributed by atoms with Crippen LogP contribution in [0.4, 0.5) is 0 Å². The van der Waals surface area contributed by atoms with E-state index in [1.807, 2.05) is 0 Å². The molecule has 0 bridgehead atoms. The predicted octanol–water partition coefficient (Wildman–Crippen LogP) is 1.64. The summed E-state index contributed by atoms with van der Waals surface area (Å²) in [5, 5.41) is 3.43. The van der Waals surface area contributed by atoms with Crippen LogP contribution in [0.1, 0.15) is 26.7 Å². The van der Waals surface area contributed by atoms with Gasteiger partial charge in [-0.3, -0.25) is 0 Å². The molecular weight excluding hydrogens is 110 g/mol. The zero-order valence-corrected chi connectivity index (χ0v) is 6.48. The van der Waals surface area contributed by atoms with Crippen LogP contribution in [0, 0.1) is 11.8 Å². The second-order valence-electron chi connectivity index (χ2n) is 3.30. The zero-order chi connectivity index (χ0) is 6.69. The summed E-state index contributed by atoms with van der Waals surface area (Å²) in [4.78, 5) is 0. The Morgan fingerprint density at radius 1 is 1.22 bits per heavy atom. The van der Waals surface area contributed by atoms with Crippen molar-refractivity contribution >= 4 is 0 Å². The first-order valence-corrected chi connectivity index (χ1v) is 4.01. The van der Waals surface area contributed by atoms with Crippen LogP contribution in [0.25, 0.3) is 0 Å². The summed E-state index contributed by atoms with van der Waals surface area (Å²) in [6.45, 7) is 7.15. The van der Waals surface area contributed by atoms with Crippen molar-refractivity contribution in [2.45, 2.75) is 26.7 Å². The minimum absolute atomic E-state index is 0.882. The first kappa shape index (κ1) is 7.07. The smallest absolute Gasteiger partial charge is 0.00206 e. The van der Waals surface area contributed by atoms with Crippen molar-refractivity contribution in [3.63, 3.8) is 0 Å². The fourth-order valence-corrected chi connectivity index (χ4v) is 1.36. The van der Waals surface area contributed by atoms with Crippen molar-refractivity contribution in [1.29, 1.82) is 0 Å². The molecule has 2 unspecified atom stereocenters. The third-order valence-corrected chi connectivity index (χ3v) is 2.45. The molecule has 0 aromatic heterocycles. The lowest BCUT2D eigenvalue weighted by atomic mass is 9.93. The van der Waals surface area contributed by atoms with Crippen LogP contribution in [-0.4, -0.2) is 13.1 Å². The Kier molecular flexibility index (Phi) is 2.52. The SMILES string of the molecule is CC1CCCNCC1C. The highest BCUT2D eigenvalue weighted by Gasteiger charge is 2.13. The lowest BCUT2D eigenvalue weighted by Crippen LogP contribution is -2.21. The Hall–Kier alpha value is -0.0400. The van der Waals surface area contributed by atoms with Gasteiger partial charge in [0.15, 0.2) is 0 Å². The molecule has 1 aliphatic heterocycles. The Bertz CT molecular complexity index is 70.6. The van der Waals surface area contributed by atoms with Crippen molar-refractivity contribution in [2.24, 2.45) is 11.8 Å². The molecule has 54 valence electrons. The van der Waals surface area contributed by atoms with Crippen LogP contribution < -0.4 is 5.32 Å². The van der Waals surface area contributed by atoms with E-state index < -0.39 is 0 Å². The number of hydrogen-bond acceptors (Lipinski definition) is 1. The average Bonchev–Trinajstić information content (AvgIpc) is 1.99. The maximum absolute atomic E-state index is 3.43. The Morgan fingerprint density at radius 2 is 2.00 bits per heavy atom. The number of nitrogens with one attached hydrogen (secondary N) is 1. The van der Waals surface area contributed by atoms with Crippen LogP contribution in [0.5, 0.6) is 0 Å². The molecule has 1 aliphatic rings. The molecule has 0 aromatic carbocycles. The predicted molar refractivity (Wildman–Crippen MR) is 40.4 cm³/mol. The normalized spacial score (nSPS) is 38.0. The minimum Gasteiger partial charge on any atom is -0.316 e. The lowest BCUT2D eigenvalue weighted by Gasteiger charge is -2.14. The summed E-state index contributed by atoms with van der Waals surface area (Å²) < 4.78 is 0. The molecular formula is C8H17N. The highest BCUT2D eigenvalue weighted by molar-refractivity contribution is 4.68. The molecule has 0 saturated carbocycles. The highest BCUT2D eigenvalue weighted by Crippen LogP contribution is 2.17. The molecule has 1 rings (SSSR count). The van der Waals surface area contributed by atoms with Gasteiger partial charge in [-0.05, 0) is 37.8 Å². The van der Waals surface area contributed by atoms with E-state index >= 15 is 0 Å². The van der Waals surface area contributed by atoms with E-state index in [0.717, 1.165) is 11.8 Å². The second kappa shape index (κ2) is 3.21. The van der Waals surface area contributed by atoms with Crippen LogP contribution in [0.15, 0.2) is 0 Å². The van der Waals surface area contributed by atoms with Gasteiger partial charge in [0.25, 0.3) is 0 Å². The minimum atomic E-state index is 0.882. The molecule has 0 aromatic rings. The van der Waals surface area contributed by atoms with Gasteiger partial charge in [-0.1, -0.05) is 13.8 Å². The maximum Gasteiger partial charge on any atom is -0.00206 e. The van der Waals surface area contributed by atoms with Crippen molar-refractivity contribution in [2.75, 3.05) is 13.1 Å². The van der Waals surface area contributed by atoms with Crippen molar-refractivity contribution in [3.05, 3.63) is 0 Å². The first-order chi connectivity index (χ1) is 4.30. The van der Waals surface area contributed by atoms with Crippen LogP contribution >= 0.6 is 0 Å². The maximum atomic E-state index is 3.43. The van der Waals surface area contributed by atoms with Crippen LogP contribution in [0.2, 0.25) is 0 Å². The molecule has 1 N–H and O–H groups in total. The number of hydrogen-bond donors (Lipinski definition) is 1. The van der Waals surface area contributed by atoms with Gasteiger partial charge in [-0.2, -0.15) is 0 Å². The van der Waals surface area contributed by atoms with Gasteiger partial charge >= 0.3 is 0 Å². The first-order valence-electron chi connectivity index (χ1n) is 4.01. The van der Waals surface area contributed by atoms with Crippen molar-refractivity contribution in [1.82, 2.24) is 5.32 Å². The van der Waals surface area contributed by atoms with E-state index in [4.69, 9.17) is 0 Å². The topological polar surface area (TPSA) is 12.0 Å². The third kappa shape index (κ3) is 1.98. The molecule has 0 amide bonds. The molecule has 0 aliphatic carbocycles. The van der Waals surface area contributed by atoms with E-state index in [1.165, 1.54) is 25.9 Å². The molecule has 2 atom stereocenters. The van der Waals surface area contributed by atoms with E-state index in [2.05, 4.69) is 19.2 Å². The second-order valence-corrected chi connectivity index (χ2v) is 3.30. The highest BCUT2D eigenvalue weighted by atomic mass is 14.9. The summed E-state index contributed by atoms with van der Waals surface area (Å²) in [6, 6.07) is 0. The summed E-state index contributed by atoms with van der Waals surface area (Å²) in [5.41, 5.74) is 0. The van der Waals surface area contributed by atoms with E-state index in [-0.39, 0.29) is 0 Å². The number of rotatable bonds is 0. The summed E-state index contributed by atoms with van der Waals surface area (Å²) in [6.07, 6.45) is 2.78. The Morgan fingerprint density at radius 3 is 2.78 bits per heavy atom. The Balaban J connectivity index is 2.32. The average molecular weight is 127 g/mol. The van der Waals surface area contributed by atoms with Gasteiger partial charge in [-0.15, -0.1) is 0 Å². The molecule has 9 heavy (non-hydrogen) atoms. The molecule has 1 nitrogen and oxygen atoms in total. The molecule has 1 fully saturated rings. The van der Waals surface area contributed by atoms with Crippen LogP contribution in [0.3, 0.4) is 0 Å². The summed E-state index contributed by atoms with van der Waals surface area (Å²) >= 11 is 0. The standard InChI is InChI=1S/C8H17N/c1-7-4-3-5-9-6-8(7)2/h7-9H,3-6H2,1-2H3. The molecule has 0 spiro atoms. The fourth-order valence-electron chi connectivity index (χ4n) is 1.36. The van der Waals surface area contributed by atoms with Gasteiger partial charge in [-0.25, -0.2) is 0 Å². The van der Waals surface area contributed by atoms with Gasteiger partial charge in [0.1, 0.15) is 0 Å². The van der Waals surface area contributed by atoms with Crippen molar-refractivity contribution in [3.8, 4) is 0 Å². The van der Waals surface area contributed by atoms with Crippen molar-refractivity contribution < 1.29 is 0 Å². The third-order valence-electron chi connectivity index (χ3n) is 2.45. The van der Waals surface area contributed by atoms with Crippen LogP contribution in [-0.2, 0) is 0 Å². The van der Waals surface area contributed by atoms with E-state index in [1.54, 1.807) is 0 Å². The Labute approximate surface area is 57.8 Å². The fraction of sp³-hybridized carbons (Fsp3) is 1.00. The lowest BCUT2D eigenvalue weighted by molar-refractivity contribution is 0.383. The molecule has 1 saturated heterocycles. The zero-order valence-electron chi connectivity index (χ0n) is 6.48. The largest absolute Gasteiger partial charge is 0.316 e. The van der Waals surface area contributed by atoms with Gasteiger partial charge in [0.05, 0.1) is 0 Å². The van der Waals surface area contributed by atoms with E-state index in [9.17, 15) is 0 Å². The molecule has 1 heteroatoms. The summed E-state index contributed by atoms with van der Waals surface area (Å²) in [7, 11) is 0. The van der Waals surface area contributed by atoms with E-state index in [0.29, 0.717) is 0 Å². The monoisotopic (exact) mass is 127 g/mol. The quantitative estimate of drug-likeness (QED) is 0.521. The van der Waals surface area contributed by atoms with Gasteiger partial charge in [0, 0.05) is 0 Å². The molecule has 1 heterocycles. The molecule has 0 radical (unpaired) electrons. The van der Waals surface area contributed by atoms with Gasteiger partial charge in [0.2, 0.25) is 0 Å². The summed E-state index contributed by atoms with van der Waals surface area (Å²) in [5.74, 6) is 1.81.